The van der Waals surface area contributed by atoms with Gasteiger partial charge in [0.15, 0.2) is 0 Å². The van der Waals surface area contributed by atoms with Crippen LogP contribution in [-0.2, 0) is 25.1 Å². The molecule has 4 aromatic carbocycles. The van der Waals surface area contributed by atoms with E-state index in [1.54, 1.807) is 36.4 Å². The number of hydrogen-bond donors (Lipinski definition) is 0. The predicted molar refractivity (Wildman–Crippen MR) is 140 cm³/mol. The van der Waals surface area contributed by atoms with Gasteiger partial charge in [-0.05, 0) is 82.6 Å². The molecule has 214 valence electrons. The van der Waals surface area contributed by atoms with Crippen molar-refractivity contribution >= 4 is 19.7 Å². The van der Waals surface area contributed by atoms with Crippen molar-refractivity contribution in [3.63, 3.8) is 0 Å². The molecule has 4 nitrogen and oxygen atoms in total. The Morgan fingerprint density at radius 3 is 1.17 bits per heavy atom. The molecule has 4 aromatic rings. The van der Waals surface area contributed by atoms with Gasteiger partial charge in [-0.1, -0.05) is 60.7 Å². The van der Waals surface area contributed by atoms with Gasteiger partial charge >= 0.3 is 11.0 Å². The first-order chi connectivity index (χ1) is 19.0. The summed E-state index contributed by atoms with van der Waals surface area (Å²) < 4.78 is 129. The number of fused-ring (bicyclic) bond motifs is 3. The van der Waals surface area contributed by atoms with Crippen LogP contribution in [0.15, 0.2) is 94.7 Å². The summed E-state index contributed by atoms with van der Waals surface area (Å²) in [5.74, 6) is 0. The number of aryl methyl sites for hydroxylation is 2. The van der Waals surface area contributed by atoms with Crippen molar-refractivity contribution in [3.05, 3.63) is 118 Å². The molecule has 1 aliphatic rings. The predicted octanol–water partition coefficient (Wildman–Crippen LogP) is 7.25. The maximum Gasteiger partial charge on any atom is 0.501 e. The minimum atomic E-state index is -5.66. The summed E-state index contributed by atoms with van der Waals surface area (Å²) in [6.07, 6.45) is 0. The molecule has 0 heterocycles. The number of alkyl halides is 6. The number of benzene rings is 4. The zero-order valence-corrected chi connectivity index (χ0v) is 22.9. The standard InChI is InChI=1S/C29H20F6O4S2/c1-17-15-19(40(36,37)28(30,31)32)11-13-23(17)27(24-14-12-20(16-18(24)2)41(38,39)29(33,34)35)25-9-5-3-7-21(25)22-8-4-6-10-26(22)27/h3-16H,1-2H3. The molecule has 5 rings (SSSR count). The maximum absolute atomic E-state index is 13.3. The summed E-state index contributed by atoms with van der Waals surface area (Å²) in [6.45, 7) is 2.90. The van der Waals surface area contributed by atoms with E-state index >= 15 is 0 Å². The van der Waals surface area contributed by atoms with Crippen LogP contribution in [0.5, 0.6) is 0 Å². The normalized spacial score (nSPS) is 14.9. The minimum absolute atomic E-state index is 0.174. The fourth-order valence-electron chi connectivity index (χ4n) is 5.68. The lowest BCUT2D eigenvalue weighted by Crippen LogP contribution is -2.31. The van der Waals surface area contributed by atoms with Crippen LogP contribution in [-0.4, -0.2) is 27.9 Å². The topological polar surface area (TPSA) is 68.3 Å². The number of halogens is 6. The van der Waals surface area contributed by atoms with Crippen molar-refractivity contribution in [2.75, 3.05) is 0 Å². The number of rotatable bonds is 4. The average molecular weight is 611 g/mol. The van der Waals surface area contributed by atoms with E-state index in [2.05, 4.69) is 0 Å². The molecule has 0 amide bonds. The highest BCUT2D eigenvalue weighted by Crippen LogP contribution is 2.57. The van der Waals surface area contributed by atoms with Crippen LogP contribution >= 0.6 is 0 Å². The van der Waals surface area contributed by atoms with Crippen LogP contribution in [0, 0.1) is 13.8 Å². The second-order valence-corrected chi connectivity index (χ2v) is 13.6. The molecule has 41 heavy (non-hydrogen) atoms. The Hall–Kier alpha value is -3.64. The molecule has 1 aliphatic carbocycles. The van der Waals surface area contributed by atoms with E-state index in [-0.39, 0.29) is 11.1 Å². The van der Waals surface area contributed by atoms with Gasteiger partial charge in [0.25, 0.3) is 19.7 Å². The van der Waals surface area contributed by atoms with E-state index in [1.165, 1.54) is 26.0 Å². The minimum Gasteiger partial charge on any atom is -0.214 e. The van der Waals surface area contributed by atoms with Crippen LogP contribution < -0.4 is 0 Å². The highest BCUT2D eigenvalue weighted by atomic mass is 32.2. The van der Waals surface area contributed by atoms with Gasteiger partial charge < -0.3 is 0 Å². The second-order valence-electron chi connectivity index (χ2n) is 9.69. The third kappa shape index (κ3) is 4.10. The highest BCUT2D eigenvalue weighted by molar-refractivity contribution is 7.92. The molecule has 0 unspecified atom stereocenters. The van der Waals surface area contributed by atoms with Gasteiger partial charge in [0.1, 0.15) is 0 Å². The second kappa shape index (κ2) is 9.18. The smallest absolute Gasteiger partial charge is 0.214 e. The zero-order chi connectivity index (χ0) is 30.2. The van der Waals surface area contributed by atoms with Gasteiger partial charge in [-0.25, -0.2) is 16.8 Å². The van der Waals surface area contributed by atoms with Gasteiger partial charge in [-0.2, -0.15) is 26.3 Å². The first-order valence-corrected chi connectivity index (χ1v) is 15.0. The first-order valence-electron chi connectivity index (χ1n) is 12.0. The molecule has 0 aromatic heterocycles. The molecule has 0 atom stereocenters. The van der Waals surface area contributed by atoms with E-state index in [0.717, 1.165) is 35.4 Å². The van der Waals surface area contributed by atoms with E-state index in [4.69, 9.17) is 0 Å². The fourth-order valence-corrected chi connectivity index (χ4v) is 7.37. The van der Waals surface area contributed by atoms with Crippen molar-refractivity contribution in [1.82, 2.24) is 0 Å². The van der Waals surface area contributed by atoms with Gasteiger partial charge in [-0.15, -0.1) is 0 Å². The molecule has 0 saturated carbocycles. The lowest BCUT2D eigenvalue weighted by atomic mass is 9.65. The third-order valence-electron chi connectivity index (χ3n) is 7.39. The molecular formula is C29H20F6O4S2. The Balaban J connectivity index is 1.88. The van der Waals surface area contributed by atoms with Crippen molar-refractivity contribution in [2.24, 2.45) is 0 Å². The molecule has 0 bridgehead atoms. The van der Waals surface area contributed by atoms with Crippen LogP contribution in [0.4, 0.5) is 26.3 Å². The highest BCUT2D eigenvalue weighted by Gasteiger charge is 2.51. The summed E-state index contributed by atoms with van der Waals surface area (Å²) in [5, 5.41) is 0. The van der Waals surface area contributed by atoms with Gasteiger partial charge in [0.2, 0.25) is 0 Å². The average Bonchev–Trinajstić information content (AvgIpc) is 3.18. The lowest BCUT2D eigenvalue weighted by Gasteiger charge is -2.36. The molecule has 0 spiro atoms. The first kappa shape index (κ1) is 28.9. The van der Waals surface area contributed by atoms with Crippen molar-refractivity contribution in [2.45, 2.75) is 40.1 Å². The Bertz CT molecular complexity index is 1780. The van der Waals surface area contributed by atoms with Crippen LogP contribution in [0.25, 0.3) is 11.1 Å². The molecule has 0 N–H and O–H groups in total. The van der Waals surface area contributed by atoms with E-state index in [9.17, 15) is 43.2 Å². The number of sulfone groups is 2. The summed E-state index contributed by atoms with van der Waals surface area (Å²) in [6, 6.07) is 20.3. The third-order valence-corrected chi connectivity index (χ3v) is 10.4. The summed E-state index contributed by atoms with van der Waals surface area (Å²) in [5.41, 5.74) is -8.49. The lowest BCUT2D eigenvalue weighted by molar-refractivity contribution is -0.0442. The van der Waals surface area contributed by atoms with Gasteiger partial charge in [-0.3, -0.25) is 0 Å². The molecule has 0 fully saturated rings. The SMILES string of the molecule is Cc1cc(S(=O)(=O)C(F)(F)F)ccc1C1(c2ccc(S(=O)(=O)C(F)(F)F)cc2C)c2ccccc2-c2ccccc21. The van der Waals surface area contributed by atoms with Crippen LogP contribution in [0.1, 0.15) is 33.4 Å². The summed E-state index contributed by atoms with van der Waals surface area (Å²) in [4.78, 5) is -1.91. The quantitative estimate of drug-likeness (QED) is 0.201. The van der Waals surface area contributed by atoms with E-state index < -0.39 is 45.9 Å². The van der Waals surface area contributed by atoms with E-state index in [0.29, 0.717) is 22.3 Å². The van der Waals surface area contributed by atoms with Crippen molar-refractivity contribution in [1.29, 1.82) is 0 Å². The molecular weight excluding hydrogens is 590 g/mol. The Morgan fingerprint density at radius 1 is 0.512 bits per heavy atom. The Labute approximate surface area is 232 Å². The van der Waals surface area contributed by atoms with Crippen LogP contribution in [0.2, 0.25) is 0 Å². The van der Waals surface area contributed by atoms with E-state index in [1.807, 2.05) is 12.1 Å². The summed E-state index contributed by atoms with van der Waals surface area (Å²) in [7, 11) is -11.3. The maximum atomic E-state index is 13.3. The number of hydrogen-bond acceptors (Lipinski definition) is 4. The molecule has 0 saturated heterocycles. The zero-order valence-electron chi connectivity index (χ0n) is 21.3. The monoisotopic (exact) mass is 610 g/mol. The van der Waals surface area contributed by atoms with Crippen molar-refractivity contribution < 1.29 is 43.2 Å². The Morgan fingerprint density at radius 2 is 0.854 bits per heavy atom. The fraction of sp³-hybridized carbons (Fsp3) is 0.172. The Kier molecular flexibility index (Phi) is 6.47. The molecule has 0 radical (unpaired) electrons. The largest absolute Gasteiger partial charge is 0.501 e. The molecule has 0 aliphatic heterocycles. The summed E-state index contributed by atoms with van der Waals surface area (Å²) >= 11 is 0. The van der Waals surface area contributed by atoms with Gasteiger partial charge in [0, 0.05) is 0 Å². The van der Waals surface area contributed by atoms with Crippen molar-refractivity contribution in [3.8, 4) is 11.1 Å². The molecule has 12 heteroatoms. The van der Waals surface area contributed by atoms with Gasteiger partial charge in [0.05, 0.1) is 15.2 Å². The van der Waals surface area contributed by atoms with Crippen LogP contribution in [0.3, 0.4) is 0 Å².